The second-order valence-corrected chi connectivity index (χ2v) is 9.24. The molecule has 0 amide bonds. The van der Waals surface area contributed by atoms with Gasteiger partial charge in [0.2, 0.25) is 16.0 Å². The van der Waals surface area contributed by atoms with Gasteiger partial charge in [0.05, 0.1) is 4.90 Å². The number of aromatic nitrogens is 3. The lowest BCUT2D eigenvalue weighted by atomic mass is 10.2. The second-order valence-electron chi connectivity index (χ2n) is 7.09. The van der Waals surface area contributed by atoms with Crippen molar-refractivity contribution in [2.75, 3.05) is 24.7 Å². The van der Waals surface area contributed by atoms with Gasteiger partial charge in [-0.25, -0.2) is 17.7 Å². The third kappa shape index (κ3) is 4.12. The number of sulfonamides is 1. The van der Waals surface area contributed by atoms with Gasteiger partial charge in [0, 0.05) is 48.3 Å². The van der Waals surface area contributed by atoms with Gasteiger partial charge in [-0.05, 0) is 55.5 Å². The lowest BCUT2D eigenvalue weighted by molar-refractivity contribution is 0.521. The quantitative estimate of drug-likeness (QED) is 0.434. The van der Waals surface area contributed by atoms with Crippen molar-refractivity contribution < 1.29 is 8.42 Å². The summed E-state index contributed by atoms with van der Waals surface area (Å²) in [6.07, 6.45) is 1.64. The molecule has 9 heteroatoms. The number of anilines is 4. The smallest absolute Gasteiger partial charge is 0.242 e. The van der Waals surface area contributed by atoms with Crippen molar-refractivity contribution in [3.05, 3.63) is 66.5 Å². The Morgan fingerprint density at radius 2 is 1.77 bits per heavy atom. The number of benzene rings is 2. The van der Waals surface area contributed by atoms with E-state index in [1.807, 2.05) is 25.1 Å². The predicted molar refractivity (Wildman–Crippen MR) is 119 cm³/mol. The molecule has 0 spiro atoms. The molecule has 2 aromatic heterocycles. The Bertz CT molecular complexity index is 1310. The van der Waals surface area contributed by atoms with Crippen LogP contribution in [0.4, 0.5) is 23.1 Å². The topological polar surface area (TPSA) is 103 Å². The van der Waals surface area contributed by atoms with Crippen molar-refractivity contribution in [2.24, 2.45) is 0 Å². The van der Waals surface area contributed by atoms with Crippen molar-refractivity contribution in [3.8, 4) is 0 Å². The maximum Gasteiger partial charge on any atom is 0.242 e. The zero-order valence-corrected chi connectivity index (χ0v) is 17.7. The van der Waals surface area contributed by atoms with Gasteiger partial charge in [-0.15, -0.1) is 0 Å². The SMILES string of the molecule is Cc1cc2cc(Nc3ccnc(Nc4cccc(S(=O)(=O)N(C)C)c4)n3)ccc2[nH]1. The fourth-order valence-corrected chi connectivity index (χ4v) is 4.01. The van der Waals surface area contributed by atoms with Crippen LogP contribution in [-0.4, -0.2) is 41.8 Å². The summed E-state index contributed by atoms with van der Waals surface area (Å²) < 4.78 is 25.9. The molecule has 0 saturated carbocycles. The summed E-state index contributed by atoms with van der Waals surface area (Å²) in [5.74, 6) is 0.981. The Kier molecular flexibility index (Phi) is 5.15. The minimum atomic E-state index is -3.52. The zero-order chi connectivity index (χ0) is 21.3. The summed E-state index contributed by atoms with van der Waals surface area (Å²) >= 11 is 0. The number of hydrogen-bond donors (Lipinski definition) is 3. The fourth-order valence-electron chi connectivity index (χ4n) is 3.07. The Morgan fingerprint density at radius 3 is 2.57 bits per heavy atom. The predicted octanol–water partition coefficient (Wildman–Crippen LogP) is 4.00. The number of nitrogens with one attached hydrogen (secondary N) is 3. The fraction of sp³-hybridized carbons (Fsp3) is 0.143. The molecule has 0 unspecified atom stereocenters. The van der Waals surface area contributed by atoms with Crippen molar-refractivity contribution in [1.82, 2.24) is 19.3 Å². The number of rotatable bonds is 6. The molecule has 0 saturated heterocycles. The van der Waals surface area contributed by atoms with E-state index in [0.717, 1.165) is 22.3 Å². The van der Waals surface area contributed by atoms with Crippen LogP contribution in [0, 0.1) is 6.92 Å². The summed E-state index contributed by atoms with van der Waals surface area (Å²) in [6, 6.07) is 16.4. The lowest BCUT2D eigenvalue weighted by Gasteiger charge is -2.13. The van der Waals surface area contributed by atoms with E-state index in [0.29, 0.717) is 17.5 Å². The van der Waals surface area contributed by atoms with Crippen molar-refractivity contribution in [1.29, 1.82) is 0 Å². The molecule has 154 valence electrons. The highest BCUT2D eigenvalue weighted by atomic mass is 32.2. The van der Waals surface area contributed by atoms with Crippen LogP contribution >= 0.6 is 0 Å². The van der Waals surface area contributed by atoms with E-state index in [1.165, 1.54) is 18.4 Å². The minimum absolute atomic E-state index is 0.196. The van der Waals surface area contributed by atoms with E-state index in [-0.39, 0.29) is 4.90 Å². The summed E-state index contributed by atoms with van der Waals surface area (Å²) in [5.41, 5.74) is 3.68. The molecule has 0 atom stereocenters. The Hall–Kier alpha value is -3.43. The molecule has 0 radical (unpaired) electrons. The van der Waals surface area contributed by atoms with Crippen molar-refractivity contribution in [2.45, 2.75) is 11.8 Å². The first kappa shape index (κ1) is 19.9. The molecule has 30 heavy (non-hydrogen) atoms. The molecule has 0 fully saturated rings. The van der Waals surface area contributed by atoms with Crippen LogP contribution in [0.15, 0.2) is 65.7 Å². The molecule has 0 aliphatic heterocycles. The normalized spacial score (nSPS) is 11.7. The first-order chi connectivity index (χ1) is 14.3. The van der Waals surface area contributed by atoms with Gasteiger partial charge in [-0.2, -0.15) is 4.98 Å². The zero-order valence-electron chi connectivity index (χ0n) is 16.8. The molecule has 2 aromatic carbocycles. The third-order valence-corrected chi connectivity index (χ3v) is 6.36. The molecule has 8 nitrogen and oxygen atoms in total. The van der Waals surface area contributed by atoms with Crippen molar-refractivity contribution >= 4 is 44.1 Å². The Morgan fingerprint density at radius 1 is 0.967 bits per heavy atom. The van der Waals surface area contributed by atoms with Crippen LogP contribution in [0.5, 0.6) is 0 Å². The monoisotopic (exact) mass is 422 g/mol. The first-order valence-electron chi connectivity index (χ1n) is 9.30. The number of aryl methyl sites for hydroxylation is 1. The highest BCUT2D eigenvalue weighted by Crippen LogP contribution is 2.24. The number of nitrogens with zero attached hydrogens (tertiary/aromatic N) is 3. The van der Waals surface area contributed by atoms with Gasteiger partial charge in [0.1, 0.15) is 5.82 Å². The van der Waals surface area contributed by atoms with Gasteiger partial charge in [0.15, 0.2) is 0 Å². The third-order valence-electron chi connectivity index (χ3n) is 4.55. The second kappa shape index (κ2) is 7.77. The maximum absolute atomic E-state index is 12.3. The number of H-pyrrole nitrogens is 1. The van der Waals surface area contributed by atoms with Crippen LogP contribution in [0.1, 0.15) is 5.69 Å². The Balaban J connectivity index is 1.55. The van der Waals surface area contributed by atoms with E-state index in [1.54, 1.807) is 36.5 Å². The molecule has 0 bridgehead atoms. The number of hydrogen-bond acceptors (Lipinski definition) is 6. The van der Waals surface area contributed by atoms with E-state index in [4.69, 9.17) is 0 Å². The lowest BCUT2D eigenvalue weighted by Crippen LogP contribution is -2.22. The molecular formula is C21H22N6O2S. The van der Waals surface area contributed by atoms with Gasteiger partial charge >= 0.3 is 0 Å². The largest absolute Gasteiger partial charge is 0.359 e. The van der Waals surface area contributed by atoms with Gasteiger partial charge in [-0.1, -0.05) is 6.07 Å². The average molecular weight is 423 g/mol. The summed E-state index contributed by atoms with van der Waals surface area (Å²) in [6.45, 7) is 2.02. The molecule has 0 aliphatic rings. The Labute approximate surface area is 175 Å². The van der Waals surface area contributed by atoms with Crippen LogP contribution in [-0.2, 0) is 10.0 Å². The number of fused-ring (bicyclic) bond motifs is 1. The van der Waals surface area contributed by atoms with Crippen LogP contribution in [0.2, 0.25) is 0 Å². The molecule has 0 aliphatic carbocycles. The molecule has 4 rings (SSSR count). The summed E-state index contributed by atoms with van der Waals surface area (Å²) in [4.78, 5) is 12.2. The molecule has 4 aromatic rings. The van der Waals surface area contributed by atoms with Gasteiger partial charge < -0.3 is 15.6 Å². The molecule has 3 N–H and O–H groups in total. The van der Waals surface area contributed by atoms with Crippen LogP contribution < -0.4 is 10.6 Å². The number of aromatic amines is 1. The minimum Gasteiger partial charge on any atom is -0.359 e. The molecular weight excluding hydrogens is 400 g/mol. The first-order valence-corrected chi connectivity index (χ1v) is 10.7. The average Bonchev–Trinajstić information content (AvgIpc) is 3.07. The highest BCUT2D eigenvalue weighted by molar-refractivity contribution is 7.89. The van der Waals surface area contributed by atoms with Gasteiger partial charge in [0.25, 0.3) is 0 Å². The van der Waals surface area contributed by atoms with Crippen LogP contribution in [0.25, 0.3) is 10.9 Å². The highest BCUT2D eigenvalue weighted by Gasteiger charge is 2.17. The molecule has 2 heterocycles. The van der Waals surface area contributed by atoms with Crippen molar-refractivity contribution in [3.63, 3.8) is 0 Å². The standard InChI is InChI=1S/C21H22N6O2S/c1-14-11-15-12-17(7-8-19(15)23-14)24-20-9-10-22-21(26-20)25-16-5-4-6-18(13-16)30(28,29)27(2)3/h4-13,23H,1-3H3,(H2,22,24,25,26). The van der Waals surface area contributed by atoms with E-state index in [2.05, 4.69) is 31.7 Å². The van der Waals surface area contributed by atoms with Gasteiger partial charge in [-0.3, -0.25) is 0 Å². The van der Waals surface area contributed by atoms with Crippen LogP contribution in [0.3, 0.4) is 0 Å². The summed E-state index contributed by atoms with van der Waals surface area (Å²) in [7, 11) is -0.520. The van der Waals surface area contributed by atoms with E-state index in [9.17, 15) is 8.42 Å². The van der Waals surface area contributed by atoms with E-state index >= 15 is 0 Å². The summed E-state index contributed by atoms with van der Waals surface area (Å²) in [5, 5.41) is 7.45. The maximum atomic E-state index is 12.3. The van der Waals surface area contributed by atoms with E-state index < -0.39 is 10.0 Å².